The second kappa shape index (κ2) is 5.70. The number of aromatic nitrogens is 1. The van der Waals surface area contributed by atoms with E-state index < -0.39 is 5.95 Å². The average molecular weight is 227 g/mol. The zero-order valence-electron chi connectivity index (χ0n) is 9.07. The molecule has 1 heterocycles. The van der Waals surface area contributed by atoms with E-state index >= 15 is 0 Å². The number of aliphatic imine (C=N–C) groups is 1. The lowest BCUT2D eigenvalue weighted by Gasteiger charge is -2.18. The van der Waals surface area contributed by atoms with Crippen LogP contribution in [0.2, 0.25) is 0 Å². The summed E-state index contributed by atoms with van der Waals surface area (Å²) in [6.45, 7) is 0.681. The van der Waals surface area contributed by atoms with Gasteiger partial charge in [0.05, 0.1) is 0 Å². The van der Waals surface area contributed by atoms with E-state index in [4.69, 9.17) is 0 Å². The highest BCUT2D eigenvalue weighted by molar-refractivity contribution is 8.13. The molecule has 1 aromatic heterocycles. The molecule has 0 fully saturated rings. The van der Waals surface area contributed by atoms with Crippen molar-refractivity contribution in [3.63, 3.8) is 0 Å². The molecule has 0 aliphatic rings. The molecule has 0 amide bonds. The first-order chi connectivity index (χ1) is 7.17. The van der Waals surface area contributed by atoms with E-state index in [2.05, 4.69) is 9.98 Å². The third kappa shape index (κ3) is 3.51. The van der Waals surface area contributed by atoms with Gasteiger partial charge in [0, 0.05) is 26.8 Å². The Kier molecular flexibility index (Phi) is 4.55. The van der Waals surface area contributed by atoms with Gasteiger partial charge in [-0.05, 0) is 17.9 Å². The van der Waals surface area contributed by atoms with Gasteiger partial charge in [0.2, 0.25) is 5.95 Å². The van der Waals surface area contributed by atoms with E-state index in [1.54, 1.807) is 31.1 Å². The van der Waals surface area contributed by atoms with Crippen molar-refractivity contribution in [1.82, 2.24) is 9.88 Å². The van der Waals surface area contributed by atoms with Gasteiger partial charge in [0.25, 0.3) is 0 Å². The summed E-state index contributed by atoms with van der Waals surface area (Å²) in [6.07, 6.45) is 3.52. The summed E-state index contributed by atoms with van der Waals surface area (Å²) in [5.41, 5.74) is 0.967. The summed E-state index contributed by atoms with van der Waals surface area (Å²) in [6, 6.07) is 3.09. The summed E-state index contributed by atoms with van der Waals surface area (Å²) in [4.78, 5) is 9.73. The van der Waals surface area contributed by atoms with Crippen LogP contribution in [0.25, 0.3) is 0 Å². The smallest absolute Gasteiger partial charge is 0.212 e. The highest BCUT2D eigenvalue weighted by Crippen LogP contribution is 2.08. The molecule has 0 aliphatic carbocycles. The highest BCUT2D eigenvalue weighted by Gasteiger charge is 2.05. The SMILES string of the molecule is C/N=C(\SC)N(C)Cc1ccc(F)nc1. The van der Waals surface area contributed by atoms with E-state index in [9.17, 15) is 4.39 Å². The van der Waals surface area contributed by atoms with Crippen LogP contribution in [0.1, 0.15) is 5.56 Å². The molecule has 1 aromatic rings. The minimum absolute atomic E-state index is 0.448. The molecule has 1 rings (SSSR count). The third-order valence-corrected chi connectivity index (χ3v) is 2.77. The van der Waals surface area contributed by atoms with E-state index in [0.29, 0.717) is 6.54 Å². The van der Waals surface area contributed by atoms with Gasteiger partial charge in [-0.15, -0.1) is 0 Å². The molecule has 0 unspecified atom stereocenters. The molecule has 0 saturated carbocycles. The first kappa shape index (κ1) is 12.0. The van der Waals surface area contributed by atoms with E-state index in [-0.39, 0.29) is 0 Å². The van der Waals surface area contributed by atoms with Crippen LogP contribution < -0.4 is 0 Å². The molecular formula is C10H14FN3S. The molecule has 0 aromatic carbocycles. The van der Waals surface area contributed by atoms with Crippen LogP contribution in [0.5, 0.6) is 0 Å². The van der Waals surface area contributed by atoms with Crippen LogP contribution in [0.4, 0.5) is 4.39 Å². The summed E-state index contributed by atoms with van der Waals surface area (Å²) >= 11 is 1.58. The van der Waals surface area contributed by atoms with Crippen molar-refractivity contribution < 1.29 is 4.39 Å². The zero-order valence-corrected chi connectivity index (χ0v) is 9.88. The van der Waals surface area contributed by atoms with Gasteiger partial charge in [0.15, 0.2) is 5.17 Å². The molecule has 82 valence electrons. The van der Waals surface area contributed by atoms with Crippen molar-refractivity contribution >= 4 is 16.9 Å². The average Bonchev–Trinajstić information content (AvgIpc) is 2.23. The zero-order chi connectivity index (χ0) is 11.3. The fraction of sp³-hybridized carbons (Fsp3) is 0.400. The van der Waals surface area contributed by atoms with Crippen molar-refractivity contribution in [3.05, 3.63) is 29.8 Å². The molecule has 0 saturated heterocycles. The lowest BCUT2D eigenvalue weighted by atomic mass is 10.3. The first-order valence-electron chi connectivity index (χ1n) is 4.49. The van der Waals surface area contributed by atoms with Crippen molar-refractivity contribution in [2.24, 2.45) is 4.99 Å². The largest absolute Gasteiger partial charge is 0.350 e. The van der Waals surface area contributed by atoms with Gasteiger partial charge in [-0.2, -0.15) is 4.39 Å². The summed E-state index contributed by atoms with van der Waals surface area (Å²) in [5.74, 6) is -0.448. The van der Waals surface area contributed by atoms with Crippen LogP contribution in [-0.4, -0.2) is 35.4 Å². The Morgan fingerprint density at radius 3 is 2.80 bits per heavy atom. The van der Waals surface area contributed by atoms with Crippen LogP contribution in [0.3, 0.4) is 0 Å². The summed E-state index contributed by atoms with van der Waals surface area (Å²) < 4.78 is 12.6. The Balaban J connectivity index is 2.65. The second-order valence-electron chi connectivity index (χ2n) is 3.06. The Morgan fingerprint density at radius 1 is 1.60 bits per heavy atom. The Labute approximate surface area is 93.4 Å². The minimum Gasteiger partial charge on any atom is -0.350 e. The normalized spacial score (nSPS) is 11.6. The maximum absolute atomic E-state index is 12.6. The Hall–Kier alpha value is -1.10. The molecule has 0 spiro atoms. The van der Waals surface area contributed by atoms with Crippen molar-refractivity contribution in [3.8, 4) is 0 Å². The fourth-order valence-electron chi connectivity index (χ4n) is 1.26. The van der Waals surface area contributed by atoms with E-state index in [0.717, 1.165) is 10.7 Å². The van der Waals surface area contributed by atoms with Crippen LogP contribution in [-0.2, 0) is 6.54 Å². The number of rotatable bonds is 2. The maximum atomic E-state index is 12.6. The standard InChI is InChI=1S/C10H14FN3S/c1-12-10(15-3)14(2)7-8-4-5-9(11)13-6-8/h4-6H,7H2,1-3H3/b12-10-. The van der Waals surface area contributed by atoms with Crippen LogP contribution in [0, 0.1) is 5.95 Å². The number of hydrogen-bond acceptors (Lipinski definition) is 3. The Bertz CT molecular complexity index is 337. The van der Waals surface area contributed by atoms with Gasteiger partial charge in [-0.1, -0.05) is 17.8 Å². The summed E-state index contributed by atoms with van der Waals surface area (Å²) in [7, 11) is 3.70. The molecule has 3 nitrogen and oxygen atoms in total. The van der Waals surface area contributed by atoms with Crippen molar-refractivity contribution in [2.75, 3.05) is 20.4 Å². The van der Waals surface area contributed by atoms with Gasteiger partial charge < -0.3 is 4.90 Å². The number of halogens is 1. The second-order valence-corrected chi connectivity index (χ2v) is 3.83. The number of amidine groups is 1. The van der Waals surface area contributed by atoms with Gasteiger partial charge in [-0.25, -0.2) is 4.98 Å². The minimum atomic E-state index is -0.448. The van der Waals surface area contributed by atoms with E-state index in [1.165, 1.54) is 6.07 Å². The quantitative estimate of drug-likeness (QED) is 0.439. The van der Waals surface area contributed by atoms with Gasteiger partial charge >= 0.3 is 0 Å². The first-order valence-corrected chi connectivity index (χ1v) is 5.72. The molecule has 15 heavy (non-hydrogen) atoms. The molecule has 0 radical (unpaired) electrons. The monoisotopic (exact) mass is 227 g/mol. The number of hydrogen-bond donors (Lipinski definition) is 0. The number of pyridine rings is 1. The fourth-order valence-corrected chi connectivity index (χ4v) is 1.82. The van der Waals surface area contributed by atoms with Crippen molar-refractivity contribution in [1.29, 1.82) is 0 Å². The molecule has 0 atom stereocenters. The molecule has 0 N–H and O–H groups in total. The van der Waals surface area contributed by atoms with Crippen molar-refractivity contribution in [2.45, 2.75) is 6.54 Å². The predicted molar refractivity (Wildman–Crippen MR) is 62.5 cm³/mol. The van der Waals surface area contributed by atoms with Crippen LogP contribution >= 0.6 is 11.8 Å². The van der Waals surface area contributed by atoms with Gasteiger partial charge in [0.1, 0.15) is 0 Å². The lowest BCUT2D eigenvalue weighted by Crippen LogP contribution is -2.23. The molecule has 0 aliphatic heterocycles. The number of nitrogens with zero attached hydrogens (tertiary/aromatic N) is 3. The van der Waals surface area contributed by atoms with E-state index in [1.807, 2.05) is 18.2 Å². The predicted octanol–water partition coefficient (Wildman–Crippen LogP) is 2.00. The number of thioether (sulfide) groups is 1. The Morgan fingerprint density at radius 2 is 2.33 bits per heavy atom. The molecule has 5 heteroatoms. The van der Waals surface area contributed by atoms with Gasteiger partial charge in [-0.3, -0.25) is 4.99 Å². The highest BCUT2D eigenvalue weighted by atomic mass is 32.2. The topological polar surface area (TPSA) is 28.5 Å². The van der Waals surface area contributed by atoms with Crippen LogP contribution in [0.15, 0.2) is 23.3 Å². The third-order valence-electron chi connectivity index (χ3n) is 1.91. The molecule has 0 bridgehead atoms. The molecular weight excluding hydrogens is 213 g/mol. The summed E-state index contributed by atoms with van der Waals surface area (Å²) in [5, 5.41) is 0.944. The lowest BCUT2D eigenvalue weighted by molar-refractivity contribution is 0.505. The maximum Gasteiger partial charge on any atom is 0.212 e.